The Bertz CT molecular complexity index is 295. The number of ether oxygens (including phenoxy) is 1. The van der Waals surface area contributed by atoms with Gasteiger partial charge in [-0.15, -0.1) is 0 Å². The van der Waals surface area contributed by atoms with E-state index >= 15 is 0 Å². The fourth-order valence-electron chi connectivity index (χ4n) is 0.910. The molecule has 0 spiro atoms. The van der Waals surface area contributed by atoms with E-state index in [-0.39, 0.29) is 26.7 Å². The molecule has 0 saturated carbocycles. The average Bonchev–Trinajstić information content (AvgIpc) is 2.26. The summed E-state index contributed by atoms with van der Waals surface area (Å²) in [5.41, 5.74) is 6.38. The summed E-state index contributed by atoms with van der Waals surface area (Å²) in [4.78, 5) is 11.2. The second-order valence-corrected chi connectivity index (χ2v) is 3.25. The number of hydrogen-bond acceptors (Lipinski definition) is 4. The molecule has 5 heteroatoms. The summed E-state index contributed by atoms with van der Waals surface area (Å²) >= 11 is 3.91. The van der Waals surface area contributed by atoms with Crippen LogP contribution in [-0.4, -0.2) is 17.8 Å². The van der Waals surface area contributed by atoms with Crippen LogP contribution in [0.1, 0.15) is 5.56 Å². The predicted octanol–water partition coefficient (Wildman–Crippen LogP) is 0.984. The van der Waals surface area contributed by atoms with Crippen molar-refractivity contribution in [3.05, 3.63) is 35.9 Å². The molecule has 1 aromatic carbocycles. The Kier molecular flexibility index (Phi) is 7.69. The zero-order chi connectivity index (χ0) is 10.4. The smallest absolute Gasteiger partial charge is 0.324 e. The summed E-state index contributed by atoms with van der Waals surface area (Å²) in [6.07, 6.45) is 0. The number of esters is 1. The fourth-order valence-corrected chi connectivity index (χ4v) is 1.06. The molecular formula is C10H13NO2STc. The summed E-state index contributed by atoms with van der Waals surface area (Å²) < 4.78 is 4.97. The van der Waals surface area contributed by atoms with Crippen LogP contribution in [0, 0.1) is 0 Å². The van der Waals surface area contributed by atoms with Crippen LogP contribution in [0.15, 0.2) is 30.3 Å². The molecular weight excluding hydrogens is 297 g/mol. The Balaban J connectivity index is 0.00000196. The minimum atomic E-state index is -0.637. The van der Waals surface area contributed by atoms with Gasteiger partial charge in [-0.1, -0.05) is 30.3 Å². The minimum absolute atomic E-state index is 0. The van der Waals surface area contributed by atoms with Gasteiger partial charge in [-0.25, -0.2) is 0 Å². The van der Waals surface area contributed by atoms with Gasteiger partial charge >= 0.3 is 5.97 Å². The van der Waals surface area contributed by atoms with Crippen molar-refractivity contribution in [3.63, 3.8) is 0 Å². The van der Waals surface area contributed by atoms with Crippen molar-refractivity contribution >= 4 is 18.6 Å². The molecule has 1 radical (unpaired) electrons. The molecule has 0 unspecified atom stereocenters. The van der Waals surface area contributed by atoms with Gasteiger partial charge in [0, 0.05) is 25.9 Å². The Morgan fingerprint density at radius 1 is 1.40 bits per heavy atom. The molecule has 0 aliphatic heterocycles. The zero-order valence-electron chi connectivity index (χ0n) is 8.10. The number of rotatable bonds is 4. The summed E-state index contributed by atoms with van der Waals surface area (Å²) in [5.74, 6) is -0.114. The SMILES string of the molecule is N[C@@H](CS)C(=O)OCc1ccccc1.[99Tc]. The number of carbonyl (C=O) groups excluding carboxylic acids is 1. The van der Waals surface area contributed by atoms with Crippen LogP contribution in [0.3, 0.4) is 0 Å². The number of thiol groups is 1. The third-order valence-corrected chi connectivity index (χ3v) is 2.12. The van der Waals surface area contributed by atoms with E-state index in [1.165, 1.54) is 0 Å². The average molecular weight is 310 g/mol. The van der Waals surface area contributed by atoms with Crippen LogP contribution >= 0.6 is 12.6 Å². The fraction of sp³-hybridized carbons (Fsp3) is 0.300. The van der Waals surface area contributed by atoms with Crippen LogP contribution in [0.4, 0.5) is 0 Å². The van der Waals surface area contributed by atoms with Crippen molar-refractivity contribution in [2.24, 2.45) is 5.73 Å². The molecule has 0 aliphatic carbocycles. The van der Waals surface area contributed by atoms with Crippen LogP contribution in [-0.2, 0) is 36.2 Å². The Morgan fingerprint density at radius 3 is 2.53 bits per heavy atom. The van der Waals surface area contributed by atoms with E-state index in [9.17, 15) is 4.79 Å². The maximum Gasteiger partial charge on any atom is 0.324 e. The molecule has 0 bridgehead atoms. The third-order valence-electron chi connectivity index (χ3n) is 1.72. The first-order valence-electron chi connectivity index (χ1n) is 4.31. The molecule has 0 amide bonds. The molecule has 2 N–H and O–H groups in total. The standard InChI is InChI=1S/C10H13NO2S.Tc/c11-9(7-14)10(12)13-6-8-4-2-1-3-5-8;/h1-5,9,14H,6-7,11H2;/t9-;/m0./s1/i;1+1. The van der Waals surface area contributed by atoms with Crippen molar-refractivity contribution in [1.82, 2.24) is 0 Å². The first kappa shape index (κ1) is 14.6. The topological polar surface area (TPSA) is 52.3 Å². The van der Waals surface area contributed by atoms with Gasteiger partial charge < -0.3 is 10.5 Å². The zero-order valence-corrected chi connectivity index (χ0v) is 10.8. The second kappa shape index (κ2) is 7.88. The van der Waals surface area contributed by atoms with Gasteiger partial charge in [-0.2, -0.15) is 12.6 Å². The molecule has 1 atom stereocenters. The van der Waals surface area contributed by atoms with Crippen LogP contribution in [0.2, 0.25) is 0 Å². The van der Waals surface area contributed by atoms with E-state index in [2.05, 4.69) is 12.6 Å². The van der Waals surface area contributed by atoms with Gasteiger partial charge in [0.2, 0.25) is 0 Å². The van der Waals surface area contributed by atoms with Crippen molar-refractivity contribution in [3.8, 4) is 0 Å². The summed E-state index contributed by atoms with van der Waals surface area (Å²) in [5, 5.41) is 0. The van der Waals surface area contributed by atoms with Crippen LogP contribution < -0.4 is 5.73 Å². The Labute approximate surface area is 108 Å². The van der Waals surface area contributed by atoms with Gasteiger partial charge in [0.25, 0.3) is 0 Å². The van der Waals surface area contributed by atoms with E-state index in [1.54, 1.807) is 0 Å². The van der Waals surface area contributed by atoms with E-state index < -0.39 is 12.0 Å². The monoisotopic (exact) mass is 310 g/mol. The molecule has 83 valence electrons. The number of nitrogens with two attached hydrogens (primary N) is 1. The molecule has 15 heavy (non-hydrogen) atoms. The van der Waals surface area contributed by atoms with Gasteiger partial charge in [0.1, 0.15) is 12.6 Å². The summed E-state index contributed by atoms with van der Waals surface area (Å²) in [6.45, 7) is 0.265. The van der Waals surface area contributed by atoms with Crippen LogP contribution in [0.25, 0.3) is 0 Å². The number of benzene rings is 1. The molecule has 1 rings (SSSR count). The molecule has 0 saturated heterocycles. The quantitative estimate of drug-likeness (QED) is 0.644. The van der Waals surface area contributed by atoms with E-state index in [1.807, 2.05) is 30.3 Å². The van der Waals surface area contributed by atoms with Gasteiger partial charge in [-0.05, 0) is 5.56 Å². The Morgan fingerprint density at radius 2 is 2.00 bits per heavy atom. The molecule has 0 aromatic heterocycles. The number of hydrogen-bond donors (Lipinski definition) is 2. The van der Waals surface area contributed by atoms with Crippen molar-refractivity contribution in [2.45, 2.75) is 12.6 Å². The Hall–Kier alpha value is -0.351. The first-order chi connectivity index (χ1) is 6.74. The normalized spacial score (nSPS) is 11.3. The van der Waals surface area contributed by atoms with Crippen molar-refractivity contribution in [1.29, 1.82) is 0 Å². The molecule has 3 nitrogen and oxygen atoms in total. The minimum Gasteiger partial charge on any atom is -0.460 e. The predicted molar refractivity (Wildman–Crippen MR) is 58.1 cm³/mol. The second-order valence-electron chi connectivity index (χ2n) is 2.88. The summed E-state index contributed by atoms with van der Waals surface area (Å²) in [7, 11) is 0. The third kappa shape index (κ3) is 5.33. The van der Waals surface area contributed by atoms with E-state index in [0.717, 1.165) is 5.56 Å². The van der Waals surface area contributed by atoms with Gasteiger partial charge in [0.05, 0.1) is 0 Å². The van der Waals surface area contributed by atoms with E-state index in [4.69, 9.17) is 10.5 Å². The molecule has 0 fully saturated rings. The number of carbonyl (C=O) groups is 1. The van der Waals surface area contributed by atoms with Crippen molar-refractivity contribution < 1.29 is 29.6 Å². The van der Waals surface area contributed by atoms with Crippen LogP contribution in [0.5, 0.6) is 0 Å². The molecule has 1 aromatic rings. The molecule has 0 aliphatic rings. The largest absolute Gasteiger partial charge is 0.460 e. The van der Waals surface area contributed by atoms with Crippen molar-refractivity contribution in [2.75, 3.05) is 5.75 Å². The molecule has 0 heterocycles. The van der Waals surface area contributed by atoms with Gasteiger partial charge in [0.15, 0.2) is 0 Å². The summed E-state index contributed by atoms with van der Waals surface area (Å²) in [6, 6.07) is 8.83. The first-order valence-corrected chi connectivity index (χ1v) is 4.94. The van der Waals surface area contributed by atoms with E-state index in [0.29, 0.717) is 5.75 Å². The van der Waals surface area contributed by atoms with Gasteiger partial charge in [-0.3, -0.25) is 4.79 Å². The maximum atomic E-state index is 11.2. The maximum absolute atomic E-state index is 11.2.